The SMILES string of the molecule is Cc1cccc(S(=O)(=O)NCCCN2CCOC2=O)c1. The van der Waals surface area contributed by atoms with Crippen molar-refractivity contribution >= 4 is 16.1 Å². The first-order valence-electron chi connectivity index (χ1n) is 6.47. The van der Waals surface area contributed by atoms with Crippen LogP contribution in [0.25, 0.3) is 0 Å². The van der Waals surface area contributed by atoms with Crippen LogP contribution in [0.3, 0.4) is 0 Å². The van der Waals surface area contributed by atoms with Crippen molar-refractivity contribution in [1.82, 2.24) is 9.62 Å². The average Bonchev–Trinajstić information content (AvgIpc) is 2.80. The van der Waals surface area contributed by atoms with Crippen molar-refractivity contribution in [2.24, 2.45) is 0 Å². The lowest BCUT2D eigenvalue weighted by atomic mass is 10.2. The average molecular weight is 298 g/mol. The van der Waals surface area contributed by atoms with Gasteiger partial charge >= 0.3 is 6.09 Å². The van der Waals surface area contributed by atoms with E-state index in [4.69, 9.17) is 4.74 Å². The maximum absolute atomic E-state index is 12.0. The van der Waals surface area contributed by atoms with Crippen LogP contribution in [0, 0.1) is 6.92 Å². The number of ether oxygens (including phenoxy) is 1. The Morgan fingerprint density at radius 3 is 2.85 bits per heavy atom. The Kier molecular flexibility index (Phi) is 4.61. The minimum absolute atomic E-state index is 0.262. The summed E-state index contributed by atoms with van der Waals surface area (Å²) < 4.78 is 31.4. The third kappa shape index (κ3) is 3.71. The van der Waals surface area contributed by atoms with E-state index in [1.165, 1.54) is 0 Å². The van der Waals surface area contributed by atoms with E-state index in [9.17, 15) is 13.2 Å². The molecule has 1 heterocycles. The van der Waals surface area contributed by atoms with Crippen molar-refractivity contribution in [3.63, 3.8) is 0 Å². The van der Waals surface area contributed by atoms with Gasteiger partial charge in [-0.05, 0) is 31.0 Å². The van der Waals surface area contributed by atoms with Crippen LogP contribution in [0.4, 0.5) is 4.79 Å². The van der Waals surface area contributed by atoms with Crippen LogP contribution in [-0.4, -0.2) is 45.7 Å². The molecule has 110 valence electrons. The molecule has 1 aromatic carbocycles. The van der Waals surface area contributed by atoms with Gasteiger partial charge in [-0.25, -0.2) is 17.9 Å². The number of sulfonamides is 1. The van der Waals surface area contributed by atoms with Crippen molar-refractivity contribution < 1.29 is 17.9 Å². The van der Waals surface area contributed by atoms with Gasteiger partial charge in [0.1, 0.15) is 6.61 Å². The summed E-state index contributed by atoms with van der Waals surface area (Å²) in [5, 5.41) is 0. The third-order valence-corrected chi connectivity index (χ3v) is 4.50. The standard InChI is InChI=1S/C13H18N2O4S/c1-11-4-2-5-12(10-11)20(17,18)14-6-3-7-15-8-9-19-13(15)16/h2,4-5,10,14H,3,6-9H2,1H3. The predicted molar refractivity (Wildman–Crippen MR) is 73.9 cm³/mol. The topological polar surface area (TPSA) is 75.7 Å². The number of hydrogen-bond acceptors (Lipinski definition) is 4. The summed E-state index contributed by atoms with van der Waals surface area (Å²) in [6, 6.07) is 6.75. The number of nitrogens with one attached hydrogen (secondary N) is 1. The van der Waals surface area contributed by atoms with E-state index in [2.05, 4.69) is 4.72 Å². The molecule has 0 unspecified atom stereocenters. The Labute approximate surface area is 118 Å². The monoisotopic (exact) mass is 298 g/mol. The molecule has 1 aromatic rings. The highest BCUT2D eigenvalue weighted by Crippen LogP contribution is 2.10. The molecule has 0 aromatic heterocycles. The number of hydrogen-bond donors (Lipinski definition) is 1. The smallest absolute Gasteiger partial charge is 0.409 e. The zero-order valence-corrected chi connectivity index (χ0v) is 12.1. The molecule has 7 heteroatoms. The lowest BCUT2D eigenvalue weighted by Crippen LogP contribution is -2.30. The zero-order valence-electron chi connectivity index (χ0n) is 11.3. The summed E-state index contributed by atoms with van der Waals surface area (Å²) in [5.41, 5.74) is 0.896. The van der Waals surface area contributed by atoms with Crippen LogP contribution in [0.15, 0.2) is 29.2 Å². The minimum Gasteiger partial charge on any atom is -0.448 e. The second-order valence-electron chi connectivity index (χ2n) is 4.67. The quantitative estimate of drug-likeness (QED) is 0.798. The summed E-state index contributed by atoms with van der Waals surface area (Å²) in [6.45, 7) is 3.62. The van der Waals surface area contributed by atoms with Crippen LogP contribution in [0.2, 0.25) is 0 Å². The first kappa shape index (κ1) is 14.8. The molecule has 0 saturated carbocycles. The number of aryl methyl sites for hydroxylation is 1. The first-order chi connectivity index (χ1) is 9.49. The molecule has 0 spiro atoms. The summed E-state index contributed by atoms with van der Waals surface area (Å²) in [6.07, 6.45) is 0.228. The normalized spacial score (nSPS) is 15.4. The first-order valence-corrected chi connectivity index (χ1v) is 7.95. The minimum atomic E-state index is -3.48. The molecule has 1 saturated heterocycles. The number of benzene rings is 1. The van der Waals surface area contributed by atoms with E-state index in [-0.39, 0.29) is 11.0 Å². The van der Waals surface area contributed by atoms with E-state index in [1.54, 1.807) is 23.1 Å². The maximum Gasteiger partial charge on any atom is 0.409 e. The molecule has 1 amide bonds. The Bertz CT molecular complexity index is 586. The summed E-state index contributed by atoms with van der Waals surface area (Å²) in [7, 11) is -3.48. The second kappa shape index (κ2) is 6.23. The van der Waals surface area contributed by atoms with Crippen molar-refractivity contribution in [3.8, 4) is 0 Å². The Morgan fingerprint density at radius 2 is 2.20 bits per heavy atom. The molecule has 2 rings (SSSR count). The molecule has 0 bridgehead atoms. The van der Waals surface area contributed by atoms with Crippen molar-refractivity contribution in [3.05, 3.63) is 29.8 Å². The van der Waals surface area contributed by atoms with E-state index in [1.807, 2.05) is 13.0 Å². The lowest BCUT2D eigenvalue weighted by Gasteiger charge is -2.12. The molecule has 1 N–H and O–H groups in total. The van der Waals surface area contributed by atoms with Crippen molar-refractivity contribution in [1.29, 1.82) is 0 Å². The predicted octanol–water partition coefficient (Wildman–Crippen LogP) is 1.12. The fourth-order valence-corrected chi connectivity index (χ4v) is 3.15. The van der Waals surface area contributed by atoms with Gasteiger partial charge in [-0.2, -0.15) is 0 Å². The Hall–Kier alpha value is -1.60. The second-order valence-corrected chi connectivity index (χ2v) is 6.44. The van der Waals surface area contributed by atoms with E-state index >= 15 is 0 Å². The van der Waals surface area contributed by atoms with Crippen LogP contribution < -0.4 is 4.72 Å². The molecule has 1 aliphatic heterocycles. The van der Waals surface area contributed by atoms with Gasteiger partial charge in [0, 0.05) is 13.1 Å². The number of cyclic esters (lactones) is 1. The van der Waals surface area contributed by atoms with Gasteiger partial charge in [0.2, 0.25) is 10.0 Å². The van der Waals surface area contributed by atoms with Crippen LogP contribution in [0.1, 0.15) is 12.0 Å². The Morgan fingerprint density at radius 1 is 1.40 bits per heavy atom. The molecule has 0 atom stereocenters. The number of nitrogens with zero attached hydrogens (tertiary/aromatic N) is 1. The molecular weight excluding hydrogens is 280 g/mol. The molecule has 1 fully saturated rings. The number of carbonyl (C=O) groups excluding carboxylic acids is 1. The molecule has 6 nitrogen and oxygen atoms in total. The van der Waals surface area contributed by atoms with Gasteiger partial charge < -0.3 is 9.64 Å². The highest BCUT2D eigenvalue weighted by atomic mass is 32.2. The number of amides is 1. The van der Waals surface area contributed by atoms with E-state index < -0.39 is 10.0 Å². The molecule has 0 aliphatic carbocycles. The van der Waals surface area contributed by atoms with Gasteiger partial charge in [0.05, 0.1) is 11.4 Å². The van der Waals surface area contributed by atoms with Crippen molar-refractivity contribution in [2.45, 2.75) is 18.2 Å². The highest BCUT2D eigenvalue weighted by molar-refractivity contribution is 7.89. The van der Waals surface area contributed by atoms with Crippen LogP contribution in [-0.2, 0) is 14.8 Å². The largest absolute Gasteiger partial charge is 0.448 e. The summed E-state index contributed by atoms with van der Waals surface area (Å²) >= 11 is 0. The molecule has 0 radical (unpaired) electrons. The molecular formula is C13H18N2O4S. The lowest BCUT2D eigenvalue weighted by molar-refractivity contribution is 0.158. The summed E-state index contributed by atoms with van der Waals surface area (Å²) in [4.78, 5) is 13.0. The Balaban J connectivity index is 1.82. The van der Waals surface area contributed by atoms with Gasteiger partial charge in [-0.1, -0.05) is 12.1 Å². The zero-order chi connectivity index (χ0) is 14.6. The number of rotatable bonds is 6. The van der Waals surface area contributed by atoms with Crippen molar-refractivity contribution in [2.75, 3.05) is 26.2 Å². The van der Waals surface area contributed by atoms with E-state index in [0.29, 0.717) is 32.7 Å². The maximum atomic E-state index is 12.0. The summed E-state index contributed by atoms with van der Waals surface area (Å²) in [5.74, 6) is 0. The number of carbonyl (C=O) groups is 1. The fourth-order valence-electron chi connectivity index (χ4n) is 1.97. The van der Waals surface area contributed by atoms with Crippen LogP contribution >= 0.6 is 0 Å². The van der Waals surface area contributed by atoms with Gasteiger partial charge in [0.15, 0.2) is 0 Å². The van der Waals surface area contributed by atoms with Crippen LogP contribution in [0.5, 0.6) is 0 Å². The van der Waals surface area contributed by atoms with E-state index in [0.717, 1.165) is 5.56 Å². The van der Waals surface area contributed by atoms with Gasteiger partial charge in [-0.15, -0.1) is 0 Å². The fraction of sp³-hybridized carbons (Fsp3) is 0.462. The van der Waals surface area contributed by atoms with Gasteiger partial charge in [0.25, 0.3) is 0 Å². The van der Waals surface area contributed by atoms with Gasteiger partial charge in [-0.3, -0.25) is 0 Å². The molecule has 20 heavy (non-hydrogen) atoms. The molecule has 1 aliphatic rings. The third-order valence-electron chi connectivity index (χ3n) is 3.04. The highest BCUT2D eigenvalue weighted by Gasteiger charge is 2.21.